The third-order valence-electron chi connectivity index (χ3n) is 5.19. The summed E-state index contributed by atoms with van der Waals surface area (Å²) in [5.74, 6) is 1.11. The monoisotopic (exact) mass is 468 g/mol. The van der Waals surface area contributed by atoms with Crippen molar-refractivity contribution >= 4 is 28.9 Å². The Kier molecular flexibility index (Phi) is 6.25. The number of carbonyl (C=O) groups is 2. The maximum atomic E-state index is 12.5. The summed E-state index contributed by atoms with van der Waals surface area (Å²) in [5.41, 5.74) is 3.41. The van der Waals surface area contributed by atoms with E-state index in [0.29, 0.717) is 34.1 Å². The third kappa shape index (κ3) is 5.22. The van der Waals surface area contributed by atoms with E-state index in [2.05, 4.69) is 10.5 Å². The molecule has 1 aliphatic rings. The van der Waals surface area contributed by atoms with Gasteiger partial charge in [0.1, 0.15) is 11.5 Å². The second-order valence-corrected chi connectivity index (χ2v) is 7.59. The largest absolute Gasteiger partial charge is 0.483 e. The molecule has 1 aliphatic heterocycles. The molecular formula is C27H20N2O6. The van der Waals surface area contributed by atoms with Gasteiger partial charge in [-0.25, -0.2) is 10.2 Å². The Morgan fingerprint density at radius 1 is 0.914 bits per heavy atom. The van der Waals surface area contributed by atoms with Gasteiger partial charge in [-0.2, -0.15) is 5.10 Å². The molecule has 0 saturated carbocycles. The Labute approximate surface area is 200 Å². The molecule has 8 heteroatoms. The molecule has 0 unspecified atom stereocenters. The minimum atomic E-state index is -0.531. The molecule has 1 amide bonds. The first kappa shape index (κ1) is 22.0. The van der Waals surface area contributed by atoms with Gasteiger partial charge in [-0.05, 0) is 47.3 Å². The number of carbonyl (C=O) groups excluding carboxylic acids is 2. The minimum absolute atomic E-state index is 0.126. The van der Waals surface area contributed by atoms with Crippen molar-refractivity contribution in [2.75, 3.05) is 13.4 Å². The van der Waals surface area contributed by atoms with Crippen LogP contribution in [0.25, 0.3) is 10.8 Å². The number of hydrazone groups is 1. The lowest BCUT2D eigenvalue weighted by Crippen LogP contribution is -2.24. The van der Waals surface area contributed by atoms with Crippen molar-refractivity contribution < 1.29 is 28.5 Å². The lowest BCUT2D eigenvalue weighted by molar-refractivity contribution is -0.123. The standard InChI is InChI=1S/C27H20N2O6/c30-26(16-32-23-10-4-7-19-6-1-2-9-22(19)23)29-28-15-18-5-3-8-21(13-18)35-27(31)20-11-12-24-25(14-20)34-17-33-24/h1-15H,16-17H2,(H,29,30). The molecule has 4 aromatic rings. The van der Waals surface area contributed by atoms with Crippen LogP contribution in [0.1, 0.15) is 15.9 Å². The summed E-state index contributed by atoms with van der Waals surface area (Å²) < 4.78 is 21.6. The van der Waals surface area contributed by atoms with Crippen molar-refractivity contribution in [3.63, 3.8) is 0 Å². The Morgan fingerprint density at radius 3 is 2.69 bits per heavy atom. The second-order valence-electron chi connectivity index (χ2n) is 7.59. The van der Waals surface area contributed by atoms with E-state index in [1.165, 1.54) is 6.21 Å². The summed E-state index contributed by atoms with van der Waals surface area (Å²) in [6.07, 6.45) is 1.45. The summed E-state index contributed by atoms with van der Waals surface area (Å²) in [5, 5.41) is 5.92. The molecule has 1 N–H and O–H groups in total. The molecule has 0 aromatic heterocycles. The van der Waals surface area contributed by atoms with Gasteiger partial charge < -0.3 is 18.9 Å². The van der Waals surface area contributed by atoms with Gasteiger partial charge in [0.25, 0.3) is 5.91 Å². The predicted molar refractivity (Wildman–Crippen MR) is 129 cm³/mol. The van der Waals surface area contributed by atoms with E-state index in [4.69, 9.17) is 18.9 Å². The lowest BCUT2D eigenvalue weighted by Gasteiger charge is -2.08. The van der Waals surface area contributed by atoms with Crippen LogP contribution in [0, 0.1) is 0 Å². The van der Waals surface area contributed by atoms with Crippen molar-refractivity contribution in [1.29, 1.82) is 0 Å². The molecule has 8 nitrogen and oxygen atoms in total. The molecule has 5 rings (SSSR count). The molecule has 0 radical (unpaired) electrons. The fraction of sp³-hybridized carbons (Fsp3) is 0.0741. The number of nitrogens with one attached hydrogen (secondary N) is 1. The van der Waals surface area contributed by atoms with Crippen LogP contribution in [0.2, 0.25) is 0 Å². The van der Waals surface area contributed by atoms with Crippen LogP contribution in [0.5, 0.6) is 23.0 Å². The fourth-order valence-corrected chi connectivity index (χ4v) is 3.52. The molecular weight excluding hydrogens is 448 g/mol. The molecule has 174 valence electrons. The highest BCUT2D eigenvalue weighted by Gasteiger charge is 2.17. The number of nitrogens with zero attached hydrogens (tertiary/aromatic N) is 1. The van der Waals surface area contributed by atoms with Gasteiger partial charge in [-0.15, -0.1) is 0 Å². The van der Waals surface area contributed by atoms with Crippen molar-refractivity contribution in [3.8, 4) is 23.0 Å². The first-order chi connectivity index (χ1) is 17.2. The number of benzene rings is 4. The molecule has 1 heterocycles. The van der Waals surface area contributed by atoms with Crippen molar-refractivity contribution in [2.45, 2.75) is 0 Å². The zero-order valence-electron chi connectivity index (χ0n) is 18.5. The van der Waals surface area contributed by atoms with Crippen molar-refractivity contribution in [3.05, 3.63) is 96.1 Å². The van der Waals surface area contributed by atoms with Crippen molar-refractivity contribution in [1.82, 2.24) is 5.43 Å². The smallest absolute Gasteiger partial charge is 0.343 e. The average Bonchev–Trinajstić information content (AvgIpc) is 3.36. The number of rotatable bonds is 7. The van der Waals surface area contributed by atoms with Crippen LogP contribution in [0.3, 0.4) is 0 Å². The Hall–Kier alpha value is -4.85. The Bertz CT molecular complexity index is 1430. The van der Waals surface area contributed by atoms with E-state index >= 15 is 0 Å². The quantitative estimate of drug-likeness (QED) is 0.188. The van der Waals surface area contributed by atoms with Crippen molar-refractivity contribution in [2.24, 2.45) is 5.10 Å². The number of amides is 1. The van der Waals surface area contributed by atoms with E-state index in [1.807, 2.05) is 42.5 Å². The highest BCUT2D eigenvalue weighted by Crippen LogP contribution is 2.32. The van der Waals surface area contributed by atoms with Gasteiger partial charge in [0.05, 0.1) is 11.8 Å². The topological polar surface area (TPSA) is 95.5 Å². The summed E-state index contributed by atoms with van der Waals surface area (Å²) in [6, 6.07) is 25.1. The summed E-state index contributed by atoms with van der Waals surface area (Å²) in [4.78, 5) is 24.6. The summed E-state index contributed by atoms with van der Waals surface area (Å²) in [6.45, 7) is -0.0560. The summed E-state index contributed by atoms with van der Waals surface area (Å²) >= 11 is 0. The van der Waals surface area contributed by atoms with Crippen LogP contribution in [-0.2, 0) is 4.79 Å². The Balaban J connectivity index is 1.15. The Morgan fingerprint density at radius 2 is 1.74 bits per heavy atom. The van der Waals surface area contributed by atoms with Gasteiger partial charge in [0.15, 0.2) is 18.1 Å². The van der Waals surface area contributed by atoms with Gasteiger partial charge in [0, 0.05) is 5.39 Å². The zero-order chi connectivity index (χ0) is 24.0. The third-order valence-corrected chi connectivity index (χ3v) is 5.19. The fourth-order valence-electron chi connectivity index (χ4n) is 3.52. The molecule has 35 heavy (non-hydrogen) atoms. The normalized spacial score (nSPS) is 12.0. The zero-order valence-corrected chi connectivity index (χ0v) is 18.5. The molecule has 0 atom stereocenters. The molecule has 0 fully saturated rings. The first-order valence-electron chi connectivity index (χ1n) is 10.8. The number of ether oxygens (including phenoxy) is 4. The maximum Gasteiger partial charge on any atom is 0.343 e. The predicted octanol–water partition coefficient (Wildman–Crippen LogP) is 4.32. The number of esters is 1. The van der Waals surface area contributed by atoms with Crippen LogP contribution in [0.15, 0.2) is 90.0 Å². The highest BCUT2D eigenvalue weighted by molar-refractivity contribution is 5.92. The SMILES string of the molecule is O=C(COc1cccc2ccccc12)NN=Cc1cccc(OC(=O)c2ccc3c(c2)OCO3)c1. The minimum Gasteiger partial charge on any atom is -0.483 e. The van der Waals surface area contributed by atoms with Gasteiger partial charge in [-0.3, -0.25) is 4.79 Å². The molecule has 0 saturated heterocycles. The highest BCUT2D eigenvalue weighted by atomic mass is 16.7. The summed E-state index contributed by atoms with van der Waals surface area (Å²) in [7, 11) is 0. The van der Waals surface area contributed by atoms with E-state index in [0.717, 1.165) is 10.8 Å². The maximum absolute atomic E-state index is 12.5. The van der Waals surface area contributed by atoms with Crippen LogP contribution in [0.4, 0.5) is 0 Å². The van der Waals surface area contributed by atoms with Gasteiger partial charge in [-0.1, -0.05) is 48.5 Å². The molecule has 4 aromatic carbocycles. The van der Waals surface area contributed by atoms with Gasteiger partial charge >= 0.3 is 5.97 Å². The second kappa shape index (κ2) is 9.96. The van der Waals surface area contributed by atoms with Crippen LogP contribution >= 0.6 is 0 Å². The van der Waals surface area contributed by atoms with Crippen LogP contribution in [-0.4, -0.2) is 31.5 Å². The van der Waals surface area contributed by atoms with E-state index in [-0.39, 0.29) is 13.4 Å². The van der Waals surface area contributed by atoms with E-state index < -0.39 is 11.9 Å². The van der Waals surface area contributed by atoms with Crippen LogP contribution < -0.4 is 24.4 Å². The number of hydrogen-bond acceptors (Lipinski definition) is 7. The van der Waals surface area contributed by atoms with E-state index in [9.17, 15) is 9.59 Å². The van der Waals surface area contributed by atoms with E-state index in [1.54, 1.807) is 42.5 Å². The number of hydrogen-bond donors (Lipinski definition) is 1. The number of fused-ring (bicyclic) bond motifs is 2. The average molecular weight is 468 g/mol. The lowest BCUT2D eigenvalue weighted by atomic mass is 10.1. The first-order valence-corrected chi connectivity index (χ1v) is 10.8. The molecule has 0 aliphatic carbocycles. The molecule has 0 spiro atoms. The molecule has 0 bridgehead atoms. The van der Waals surface area contributed by atoms with Gasteiger partial charge in [0.2, 0.25) is 6.79 Å².